The molecule has 0 saturated heterocycles. The van der Waals surface area contributed by atoms with E-state index in [4.69, 9.17) is 0 Å². The SMILES string of the molecule is C=CCCCCC(O)C1=CCC(=O)C=C1. The normalized spacial score (nSPS) is 17.4. The Morgan fingerprint density at radius 2 is 2.27 bits per heavy atom. The highest BCUT2D eigenvalue weighted by molar-refractivity contribution is 5.92. The highest BCUT2D eigenvalue weighted by Crippen LogP contribution is 2.16. The molecule has 0 fully saturated rings. The quantitative estimate of drug-likeness (QED) is 0.535. The Bertz CT molecular complexity index is 287. The first-order valence-corrected chi connectivity index (χ1v) is 5.44. The van der Waals surface area contributed by atoms with E-state index in [1.165, 1.54) is 0 Å². The average Bonchev–Trinajstić information content (AvgIpc) is 2.25. The zero-order chi connectivity index (χ0) is 11.1. The van der Waals surface area contributed by atoms with Crippen LogP contribution < -0.4 is 0 Å². The lowest BCUT2D eigenvalue weighted by atomic mass is 9.97. The standard InChI is InChI=1S/C13H18O2/c1-2-3-4-5-6-13(15)11-7-9-12(14)10-8-11/h2,7-9,13,15H,1,3-6,10H2. The molecule has 1 N–H and O–H groups in total. The first-order chi connectivity index (χ1) is 7.24. The molecule has 0 spiro atoms. The van der Waals surface area contributed by atoms with Crippen molar-refractivity contribution in [2.45, 2.75) is 38.2 Å². The van der Waals surface area contributed by atoms with Crippen LogP contribution in [0.1, 0.15) is 32.1 Å². The zero-order valence-electron chi connectivity index (χ0n) is 8.98. The van der Waals surface area contributed by atoms with Crippen LogP contribution in [-0.2, 0) is 4.79 Å². The zero-order valence-corrected chi connectivity index (χ0v) is 8.98. The van der Waals surface area contributed by atoms with Gasteiger partial charge in [-0.1, -0.05) is 24.6 Å². The molecule has 2 heteroatoms. The third-order valence-electron chi connectivity index (χ3n) is 2.52. The molecule has 0 aromatic rings. The van der Waals surface area contributed by atoms with Crippen molar-refractivity contribution < 1.29 is 9.90 Å². The third kappa shape index (κ3) is 4.26. The molecule has 0 aromatic heterocycles. The average molecular weight is 206 g/mol. The summed E-state index contributed by atoms with van der Waals surface area (Å²) in [6, 6.07) is 0. The van der Waals surface area contributed by atoms with Gasteiger partial charge in [-0.15, -0.1) is 6.58 Å². The maximum atomic E-state index is 10.9. The number of hydrogen-bond donors (Lipinski definition) is 1. The number of allylic oxidation sites excluding steroid dienone is 3. The molecule has 1 rings (SSSR count). The summed E-state index contributed by atoms with van der Waals surface area (Å²) in [5.41, 5.74) is 0.883. The summed E-state index contributed by atoms with van der Waals surface area (Å²) >= 11 is 0. The van der Waals surface area contributed by atoms with Crippen LogP contribution in [0.15, 0.2) is 36.5 Å². The van der Waals surface area contributed by atoms with Gasteiger partial charge in [0, 0.05) is 6.42 Å². The fourth-order valence-corrected chi connectivity index (χ4v) is 1.58. The topological polar surface area (TPSA) is 37.3 Å². The molecule has 0 aliphatic heterocycles. The number of hydrogen-bond acceptors (Lipinski definition) is 2. The van der Waals surface area contributed by atoms with E-state index in [0.717, 1.165) is 31.3 Å². The van der Waals surface area contributed by atoms with Crippen molar-refractivity contribution in [3.05, 3.63) is 36.5 Å². The Morgan fingerprint density at radius 3 is 2.87 bits per heavy atom. The lowest BCUT2D eigenvalue weighted by Crippen LogP contribution is -2.11. The molecule has 0 heterocycles. The van der Waals surface area contributed by atoms with Crippen molar-refractivity contribution in [3.8, 4) is 0 Å². The minimum atomic E-state index is -0.417. The molecule has 82 valence electrons. The maximum absolute atomic E-state index is 10.9. The monoisotopic (exact) mass is 206 g/mol. The van der Waals surface area contributed by atoms with E-state index in [-0.39, 0.29) is 5.78 Å². The number of carbonyl (C=O) groups is 1. The van der Waals surface area contributed by atoms with Crippen molar-refractivity contribution >= 4 is 5.78 Å². The van der Waals surface area contributed by atoms with Crippen molar-refractivity contribution in [1.82, 2.24) is 0 Å². The number of unbranched alkanes of at least 4 members (excludes halogenated alkanes) is 2. The van der Waals surface area contributed by atoms with E-state index in [9.17, 15) is 9.90 Å². The van der Waals surface area contributed by atoms with Crippen molar-refractivity contribution in [3.63, 3.8) is 0 Å². The van der Waals surface area contributed by atoms with Crippen molar-refractivity contribution in [1.29, 1.82) is 0 Å². The van der Waals surface area contributed by atoms with Gasteiger partial charge in [-0.2, -0.15) is 0 Å². The van der Waals surface area contributed by atoms with Crippen LogP contribution in [0.3, 0.4) is 0 Å². The number of aliphatic hydroxyl groups is 1. The molecule has 15 heavy (non-hydrogen) atoms. The summed E-state index contributed by atoms with van der Waals surface area (Å²) in [4.78, 5) is 10.9. The smallest absolute Gasteiger partial charge is 0.159 e. The summed E-state index contributed by atoms with van der Waals surface area (Å²) in [6.45, 7) is 3.65. The Labute approximate surface area is 91.0 Å². The summed E-state index contributed by atoms with van der Waals surface area (Å²) in [7, 11) is 0. The van der Waals surface area contributed by atoms with Crippen LogP contribution in [0.25, 0.3) is 0 Å². The largest absolute Gasteiger partial charge is 0.388 e. The molecular formula is C13H18O2. The Hall–Kier alpha value is -1.15. The summed E-state index contributed by atoms with van der Waals surface area (Å²) in [6.07, 6.45) is 10.8. The third-order valence-corrected chi connectivity index (χ3v) is 2.52. The Kier molecular flexibility index (Phi) is 5.05. The van der Waals surface area contributed by atoms with Crippen LogP contribution in [-0.4, -0.2) is 17.0 Å². The molecule has 0 aromatic carbocycles. The van der Waals surface area contributed by atoms with Gasteiger partial charge in [0.1, 0.15) is 0 Å². The van der Waals surface area contributed by atoms with Crippen LogP contribution in [0.4, 0.5) is 0 Å². The fourth-order valence-electron chi connectivity index (χ4n) is 1.58. The van der Waals surface area contributed by atoms with Crippen LogP contribution >= 0.6 is 0 Å². The van der Waals surface area contributed by atoms with Crippen LogP contribution in [0, 0.1) is 0 Å². The lowest BCUT2D eigenvalue weighted by Gasteiger charge is -2.13. The molecule has 0 radical (unpaired) electrons. The second-order valence-corrected chi connectivity index (χ2v) is 3.80. The number of carbonyl (C=O) groups excluding carboxylic acids is 1. The first kappa shape index (κ1) is 11.9. The lowest BCUT2D eigenvalue weighted by molar-refractivity contribution is -0.113. The molecule has 1 atom stereocenters. The first-order valence-electron chi connectivity index (χ1n) is 5.44. The second-order valence-electron chi connectivity index (χ2n) is 3.80. The fraction of sp³-hybridized carbons (Fsp3) is 0.462. The van der Waals surface area contributed by atoms with Gasteiger partial charge in [0.25, 0.3) is 0 Å². The molecule has 0 saturated carbocycles. The number of ketones is 1. The Balaban J connectivity index is 2.28. The van der Waals surface area contributed by atoms with E-state index in [1.807, 2.05) is 12.2 Å². The summed E-state index contributed by atoms with van der Waals surface area (Å²) < 4.78 is 0. The van der Waals surface area contributed by atoms with E-state index in [2.05, 4.69) is 6.58 Å². The van der Waals surface area contributed by atoms with Gasteiger partial charge in [-0.05, 0) is 30.9 Å². The summed E-state index contributed by atoms with van der Waals surface area (Å²) in [5.74, 6) is 0.109. The van der Waals surface area contributed by atoms with E-state index in [1.54, 1.807) is 12.2 Å². The highest BCUT2D eigenvalue weighted by Gasteiger charge is 2.11. The molecule has 2 nitrogen and oxygen atoms in total. The predicted molar refractivity (Wildman–Crippen MR) is 61.5 cm³/mol. The maximum Gasteiger partial charge on any atom is 0.159 e. The molecular weight excluding hydrogens is 188 g/mol. The van der Waals surface area contributed by atoms with Gasteiger partial charge in [0.2, 0.25) is 0 Å². The van der Waals surface area contributed by atoms with Gasteiger partial charge in [-0.3, -0.25) is 4.79 Å². The van der Waals surface area contributed by atoms with Gasteiger partial charge in [-0.25, -0.2) is 0 Å². The molecule has 1 unspecified atom stereocenters. The minimum Gasteiger partial charge on any atom is -0.388 e. The van der Waals surface area contributed by atoms with Gasteiger partial charge < -0.3 is 5.11 Å². The van der Waals surface area contributed by atoms with Gasteiger partial charge in [0.15, 0.2) is 5.78 Å². The van der Waals surface area contributed by atoms with E-state index >= 15 is 0 Å². The van der Waals surface area contributed by atoms with Gasteiger partial charge >= 0.3 is 0 Å². The number of aliphatic hydroxyl groups excluding tert-OH is 1. The minimum absolute atomic E-state index is 0.109. The molecule has 0 bridgehead atoms. The Morgan fingerprint density at radius 1 is 1.47 bits per heavy atom. The van der Waals surface area contributed by atoms with Crippen molar-refractivity contribution in [2.75, 3.05) is 0 Å². The molecule has 0 amide bonds. The summed E-state index contributed by atoms with van der Waals surface area (Å²) in [5, 5.41) is 9.80. The van der Waals surface area contributed by atoms with Crippen LogP contribution in [0.2, 0.25) is 0 Å². The molecule has 1 aliphatic carbocycles. The highest BCUT2D eigenvalue weighted by atomic mass is 16.3. The van der Waals surface area contributed by atoms with Crippen molar-refractivity contribution in [2.24, 2.45) is 0 Å². The van der Waals surface area contributed by atoms with Gasteiger partial charge in [0.05, 0.1) is 6.10 Å². The van der Waals surface area contributed by atoms with E-state index < -0.39 is 6.10 Å². The second kappa shape index (κ2) is 6.36. The van der Waals surface area contributed by atoms with Crippen LogP contribution in [0.5, 0.6) is 0 Å². The molecule has 1 aliphatic rings. The van der Waals surface area contributed by atoms with E-state index in [0.29, 0.717) is 6.42 Å². The predicted octanol–water partition coefficient (Wildman–Crippen LogP) is 2.55. The number of rotatable bonds is 6.